The van der Waals surface area contributed by atoms with Crippen LogP contribution in [-0.2, 0) is 4.79 Å². The van der Waals surface area contributed by atoms with Crippen molar-refractivity contribution in [2.45, 2.75) is 41.0 Å². The molecule has 4 nitrogen and oxygen atoms in total. The van der Waals surface area contributed by atoms with E-state index in [4.69, 9.17) is 0 Å². The molecule has 1 aliphatic rings. The van der Waals surface area contributed by atoms with Crippen molar-refractivity contribution in [1.82, 2.24) is 4.90 Å². The van der Waals surface area contributed by atoms with Crippen LogP contribution < -0.4 is 9.80 Å². The lowest BCUT2D eigenvalue weighted by Gasteiger charge is -2.37. The molecule has 1 aliphatic heterocycles. The molecule has 1 amide bonds. The number of nitrogens with zero attached hydrogens (tertiary/aromatic N) is 3. The smallest absolute Gasteiger partial charge is 0.222 e. The van der Waals surface area contributed by atoms with Crippen LogP contribution in [-0.4, -0.2) is 50.1 Å². The molecule has 1 fully saturated rings. The molecule has 4 heteroatoms. The van der Waals surface area contributed by atoms with Crippen molar-refractivity contribution in [2.24, 2.45) is 5.92 Å². The number of rotatable bonds is 6. The Balaban J connectivity index is 2.00. The highest BCUT2D eigenvalue weighted by atomic mass is 16.2. The van der Waals surface area contributed by atoms with Crippen molar-refractivity contribution in [1.29, 1.82) is 0 Å². The van der Waals surface area contributed by atoms with Crippen LogP contribution in [0.4, 0.5) is 11.4 Å². The Morgan fingerprint density at radius 2 is 1.75 bits per heavy atom. The van der Waals surface area contributed by atoms with Crippen LogP contribution in [0.15, 0.2) is 18.2 Å². The fourth-order valence-corrected chi connectivity index (χ4v) is 3.45. The number of amides is 1. The summed E-state index contributed by atoms with van der Waals surface area (Å²) in [5.74, 6) is 0.739. The van der Waals surface area contributed by atoms with E-state index in [0.29, 0.717) is 18.2 Å². The highest BCUT2D eigenvalue weighted by molar-refractivity contribution is 5.76. The van der Waals surface area contributed by atoms with Crippen LogP contribution in [0.1, 0.15) is 39.7 Å². The molecule has 1 aromatic rings. The quantitative estimate of drug-likeness (QED) is 0.798. The molecule has 2 rings (SSSR count). The summed E-state index contributed by atoms with van der Waals surface area (Å²) in [5.41, 5.74) is 3.93. The number of aryl methyl sites for hydroxylation is 1. The Kier molecular flexibility index (Phi) is 6.52. The van der Waals surface area contributed by atoms with Crippen LogP contribution in [0.25, 0.3) is 0 Å². The normalized spacial score (nSPS) is 15.1. The molecule has 134 valence electrons. The van der Waals surface area contributed by atoms with E-state index in [9.17, 15) is 4.79 Å². The van der Waals surface area contributed by atoms with Crippen molar-refractivity contribution in [3.8, 4) is 0 Å². The van der Waals surface area contributed by atoms with Crippen molar-refractivity contribution in [3.05, 3.63) is 23.8 Å². The number of carbonyl (C=O) groups excluding carboxylic acids is 1. The first-order valence-electron chi connectivity index (χ1n) is 9.34. The molecule has 1 saturated heterocycles. The molecule has 1 aromatic carbocycles. The molecule has 24 heavy (non-hydrogen) atoms. The van der Waals surface area contributed by atoms with Gasteiger partial charge in [0, 0.05) is 57.1 Å². The van der Waals surface area contributed by atoms with Gasteiger partial charge in [0.05, 0.1) is 0 Å². The van der Waals surface area contributed by atoms with E-state index in [-0.39, 0.29) is 0 Å². The van der Waals surface area contributed by atoms with Crippen LogP contribution in [0.5, 0.6) is 0 Å². The zero-order chi connectivity index (χ0) is 17.7. The van der Waals surface area contributed by atoms with Crippen LogP contribution in [0.2, 0.25) is 0 Å². The molecule has 0 N–H and O–H groups in total. The van der Waals surface area contributed by atoms with Gasteiger partial charge in [-0.05, 0) is 50.5 Å². The Bertz CT molecular complexity index is 544. The third kappa shape index (κ3) is 4.43. The van der Waals surface area contributed by atoms with E-state index in [1.807, 2.05) is 4.90 Å². The summed E-state index contributed by atoms with van der Waals surface area (Å²) < 4.78 is 0. The second-order valence-electron chi connectivity index (χ2n) is 7.11. The highest BCUT2D eigenvalue weighted by Crippen LogP contribution is 2.26. The monoisotopic (exact) mass is 331 g/mol. The molecular weight excluding hydrogens is 298 g/mol. The van der Waals surface area contributed by atoms with Crippen molar-refractivity contribution < 1.29 is 4.79 Å². The minimum atomic E-state index is 0.304. The maximum absolute atomic E-state index is 12.2. The average Bonchev–Trinajstić information content (AvgIpc) is 2.56. The highest BCUT2D eigenvalue weighted by Gasteiger charge is 2.22. The third-order valence-corrected chi connectivity index (χ3v) is 4.86. The zero-order valence-electron chi connectivity index (χ0n) is 16.0. The fraction of sp³-hybridized carbons (Fsp3) is 0.650. The standard InChI is InChI=1S/C20H33N3O/c1-6-21(7-2)18-8-9-19(17(5)15-18)22-10-12-23(13-11-22)20(24)14-16(3)4/h8-9,15-16H,6-7,10-14H2,1-5H3. The molecular formula is C20H33N3O. The second kappa shape index (κ2) is 8.41. The number of benzene rings is 1. The molecule has 0 saturated carbocycles. The predicted molar refractivity (Wildman–Crippen MR) is 103 cm³/mol. The maximum atomic E-state index is 12.2. The fourth-order valence-electron chi connectivity index (χ4n) is 3.45. The van der Waals surface area contributed by atoms with Crippen molar-refractivity contribution >= 4 is 17.3 Å². The first-order valence-corrected chi connectivity index (χ1v) is 9.34. The van der Waals surface area contributed by atoms with Gasteiger partial charge >= 0.3 is 0 Å². The number of piperazine rings is 1. The molecule has 0 bridgehead atoms. The number of anilines is 2. The van der Waals surface area contributed by atoms with Gasteiger partial charge in [-0.2, -0.15) is 0 Å². The zero-order valence-corrected chi connectivity index (χ0v) is 16.0. The number of hydrogen-bond acceptors (Lipinski definition) is 3. The number of carbonyl (C=O) groups is 1. The van der Waals surface area contributed by atoms with Crippen molar-refractivity contribution in [3.63, 3.8) is 0 Å². The molecule has 1 heterocycles. The third-order valence-electron chi connectivity index (χ3n) is 4.86. The van der Waals surface area contributed by atoms with Crippen LogP contribution in [0, 0.1) is 12.8 Å². The van der Waals surface area contributed by atoms with E-state index >= 15 is 0 Å². The lowest BCUT2D eigenvalue weighted by molar-refractivity contribution is -0.132. The molecule has 0 aliphatic carbocycles. The predicted octanol–water partition coefficient (Wildman–Crippen LogP) is 3.54. The Morgan fingerprint density at radius 3 is 2.25 bits per heavy atom. The molecule has 0 aromatic heterocycles. The van der Waals surface area contributed by atoms with Gasteiger partial charge in [0.2, 0.25) is 5.91 Å². The van der Waals surface area contributed by atoms with Gasteiger partial charge in [0.1, 0.15) is 0 Å². The largest absolute Gasteiger partial charge is 0.372 e. The Hall–Kier alpha value is -1.71. The summed E-state index contributed by atoms with van der Waals surface area (Å²) in [6, 6.07) is 6.76. The summed E-state index contributed by atoms with van der Waals surface area (Å²) in [7, 11) is 0. The van der Waals surface area contributed by atoms with Crippen molar-refractivity contribution in [2.75, 3.05) is 49.1 Å². The van der Waals surface area contributed by atoms with Gasteiger partial charge in [0.15, 0.2) is 0 Å². The molecule has 0 unspecified atom stereocenters. The van der Waals surface area contributed by atoms with Gasteiger partial charge in [-0.1, -0.05) is 13.8 Å². The first kappa shape index (κ1) is 18.6. The van der Waals surface area contributed by atoms with Crippen LogP contribution in [0.3, 0.4) is 0 Å². The lowest BCUT2D eigenvalue weighted by atomic mass is 10.1. The molecule has 0 atom stereocenters. The number of hydrogen-bond donors (Lipinski definition) is 0. The van der Waals surface area contributed by atoms with Gasteiger partial charge < -0.3 is 14.7 Å². The molecule has 0 spiro atoms. The molecule has 0 radical (unpaired) electrons. The summed E-state index contributed by atoms with van der Waals surface area (Å²) in [6.45, 7) is 16.4. The van der Waals surface area contributed by atoms with Crippen LogP contribution >= 0.6 is 0 Å². The van der Waals surface area contributed by atoms with Gasteiger partial charge in [-0.25, -0.2) is 0 Å². The summed E-state index contributed by atoms with van der Waals surface area (Å²) >= 11 is 0. The summed E-state index contributed by atoms with van der Waals surface area (Å²) in [5, 5.41) is 0. The first-order chi connectivity index (χ1) is 11.5. The Labute approximate surface area is 147 Å². The van der Waals surface area contributed by atoms with Gasteiger partial charge in [-0.3, -0.25) is 4.79 Å². The second-order valence-corrected chi connectivity index (χ2v) is 7.11. The van der Waals surface area contributed by atoms with E-state index in [1.54, 1.807) is 0 Å². The minimum Gasteiger partial charge on any atom is -0.372 e. The lowest BCUT2D eigenvalue weighted by Crippen LogP contribution is -2.49. The van der Waals surface area contributed by atoms with Gasteiger partial charge in [0.25, 0.3) is 0 Å². The summed E-state index contributed by atoms with van der Waals surface area (Å²) in [4.78, 5) is 19.0. The van der Waals surface area contributed by atoms with E-state index in [0.717, 1.165) is 39.3 Å². The topological polar surface area (TPSA) is 26.8 Å². The average molecular weight is 332 g/mol. The van der Waals surface area contributed by atoms with E-state index in [1.165, 1.54) is 16.9 Å². The Morgan fingerprint density at radius 1 is 1.12 bits per heavy atom. The minimum absolute atomic E-state index is 0.304. The maximum Gasteiger partial charge on any atom is 0.222 e. The van der Waals surface area contributed by atoms with Gasteiger partial charge in [-0.15, -0.1) is 0 Å². The summed E-state index contributed by atoms with van der Waals surface area (Å²) in [6.07, 6.45) is 0.664. The SMILES string of the molecule is CCN(CC)c1ccc(N2CCN(C(=O)CC(C)C)CC2)c(C)c1. The van der Waals surface area contributed by atoms with E-state index in [2.05, 4.69) is 62.6 Å². The van der Waals surface area contributed by atoms with E-state index < -0.39 is 0 Å².